The molecule has 0 saturated carbocycles. The van der Waals surface area contributed by atoms with E-state index in [1.807, 2.05) is 0 Å². The molecule has 0 aliphatic carbocycles. The molecule has 102 valence electrons. The van der Waals surface area contributed by atoms with E-state index in [9.17, 15) is 9.59 Å². The number of rotatable bonds is 3. The maximum absolute atomic E-state index is 12.3. The van der Waals surface area contributed by atoms with Gasteiger partial charge in [0.1, 0.15) is 11.8 Å². The minimum Gasteiger partial charge on any atom is -0.496 e. The maximum atomic E-state index is 12.3. The highest BCUT2D eigenvalue weighted by Gasteiger charge is 2.35. The Labute approximate surface area is 123 Å². The van der Waals surface area contributed by atoms with Crippen molar-refractivity contribution < 1.29 is 19.4 Å². The van der Waals surface area contributed by atoms with E-state index in [1.165, 1.54) is 16.7 Å². The Hall–Kier alpha value is -1.21. The van der Waals surface area contributed by atoms with E-state index in [2.05, 4.69) is 15.9 Å². The minimum absolute atomic E-state index is 0.277. The average Bonchev–Trinajstić information content (AvgIpc) is 2.87. The molecule has 1 amide bonds. The Kier molecular flexibility index (Phi) is 4.36. The van der Waals surface area contributed by atoms with Crippen molar-refractivity contribution in [2.75, 3.05) is 18.7 Å². The Bertz CT molecular complexity index is 522. The first-order valence-corrected chi connectivity index (χ1v) is 7.44. The van der Waals surface area contributed by atoms with Crippen LogP contribution in [0.25, 0.3) is 0 Å². The third kappa shape index (κ3) is 2.87. The zero-order chi connectivity index (χ0) is 14.0. The first-order valence-electron chi connectivity index (χ1n) is 5.49. The van der Waals surface area contributed by atoms with Gasteiger partial charge in [-0.2, -0.15) is 0 Å². The number of nitrogens with zero attached hydrogens (tertiary/aromatic N) is 1. The number of carbonyl (C=O) groups excluding carboxylic acids is 1. The minimum atomic E-state index is -0.967. The van der Waals surface area contributed by atoms with Gasteiger partial charge in [-0.3, -0.25) is 4.79 Å². The molecule has 5 nitrogen and oxygen atoms in total. The van der Waals surface area contributed by atoms with Crippen LogP contribution < -0.4 is 4.74 Å². The molecule has 1 aliphatic heterocycles. The molecule has 1 aromatic rings. The molecule has 1 atom stereocenters. The van der Waals surface area contributed by atoms with Gasteiger partial charge in [0.05, 0.1) is 17.5 Å². The Morgan fingerprint density at radius 3 is 2.84 bits per heavy atom. The second kappa shape index (κ2) is 5.83. The molecule has 0 unspecified atom stereocenters. The number of amides is 1. The third-order valence-corrected chi connectivity index (χ3v) is 4.46. The molecular formula is C12H12BrNO4S. The van der Waals surface area contributed by atoms with E-state index >= 15 is 0 Å². The number of benzene rings is 1. The number of hydrogen-bond donors (Lipinski definition) is 1. The van der Waals surface area contributed by atoms with Gasteiger partial charge in [-0.15, -0.1) is 11.8 Å². The predicted molar refractivity (Wildman–Crippen MR) is 75.6 cm³/mol. The second-order valence-corrected chi connectivity index (χ2v) is 5.83. The highest BCUT2D eigenvalue weighted by atomic mass is 79.9. The van der Waals surface area contributed by atoms with E-state index in [0.29, 0.717) is 27.4 Å². The van der Waals surface area contributed by atoms with Crippen molar-refractivity contribution in [3.8, 4) is 5.75 Å². The third-order valence-electron chi connectivity index (χ3n) is 2.83. The van der Waals surface area contributed by atoms with Crippen molar-refractivity contribution in [1.29, 1.82) is 0 Å². The summed E-state index contributed by atoms with van der Waals surface area (Å²) >= 11 is 4.75. The van der Waals surface area contributed by atoms with Crippen LogP contribution in [0.4, 0.5) is 0 Å². The highest BCUT2D eigenvalue weighted by molar-refractivity contribution is 9.10. The molecule has 0 bridgehead atoms. The summed E-state index contributed by atoms with van der Waals surface area (Å²) in [7, 11) is 1.54. The van der Waals surface area contributed by atoms with Crippen LogP contribution in [-0.4, -0.2) is 46.7 Å². The molecular weight excluding hydrogens is 334 g/mol. The second-order valence-electron chi connectivity index (χ2n) is 3.98. The lowest BCUT2D eigenvalue weighted by Gasteiger charge is -2.20. The van der Waals surface area contributed by atoms with E-state index in [1.54, 1.807) is 25.3 Å². The maximum Gasteiger partial charge on any atom is 0.327 e. The first-order chi connectivity index (χ1) is 9.04. The first kappa shape index (κ1) is 14.2. The van der Waals surface area contributed by atoms with Crippen molar-refractivity contribution in [2.45, 2.75) is 6.04 Å². The van der Waals surface area contributed by atoms with E-state index in [4.69, 9.17) is 9.84 Å². The Balaban J connectivity index is 2.24. The summed E-state index contributed by atoms with van der Waals surface area (Å²) in [6.07, 6.45) is 0. The number of carboxylic acid groups (broad SMARTS) is 1. The summed E-state index contributed by atoms with van der Waals surface area (Å²) < 4.78 is 5.76. The Morgan fingerprint density at radius 2 is 2.26 bits per heavy atom. The van der Waals surface area contributed by atoms with Gasteiger partial charge in [-0.1, -0.05) is 0 Å². The number of hydrogen-bond acceptors (Lipinski definition) is 4. The fourth-order valence-corrected chi connectivity index (χ4v) is 3.50. The van der Waals surface area contributed by atoms with Gasteiger partial charge in [0, 0.05) is 11.3 Å². The van der Waals surface area contributed by atoms with Gasteiger partial charge < -0.3 is 14.7 Å². The lowest BCUT2D eigenvalue weighted by molar-refractivity contribution is -0.140. The summed E-state index contributed by atoms with van der Waals surface area (Å²) in [6.45, 7) is 0. The molecule has 1 heterocycles. The quantitative estimate of drug-likeness (QED) is 0.908. The Morgan fingerprint density at radius 1 is 1.53 bits per heavy atom. The number of aliphatic carboxylic acids is 1. The van der Waals surface area contributed by atoms with Crippen LogP contribution >= 0.6 is 27.7 Å². The summed E-state index contributed by atoms with van der Waals surface area (Å²) in [5.74, 6) is 0.214. The van der Waals surface area contributed by atoms with E-state index < -0.39 is 12.0 Å². The monoisotopic (exact) mass is 345 g/mol. The fraction of sp³-hybridized carbons (Fsp3) is 0.333. The summed E-state index contributed by atoms with van der Waals surface area (Å²) in [6, 6.07) is 4.20. The summed E-state index contributed by atoms with van der Waals surface area (Å²) in [5.41, 5.74) is 0.446. The lowest BCUT2D eigenvalue weighted by atomic mass is 10.1. The molecule has 7 heteroatoms. The van der Waals surface area contributed by atoms with Crippen molar-refractivity contribution in [3.63, 3.8) is 0 Å². The molecule has 0 aromatic heterocycles. The number of halogens is 1. The van der Waals surface area contributed by atoms with Crippen LogP contribution in [0.15, 0.2) is 22.7 Å². The van der Waals surface area contributed by atoms with Crippen molar-refractivity contribution in [2.24, 2.45) is 0 Å². The smallest absolute Gasteiger partial charge is 0.327 e. The van der Waals surface area contributed by atoms with Crippen LogP contribution in [0.3, 0.4) is 0 Å². The van der Waals surface area contributed by atoms with Gasteiger partial charge >= 0.3 is 5.97 Å². The number of thioether (sulfide) groups is 1. The molecule has 0 radical (unpaired) electrons. The van der Waals surface area contributed by atoms with E-state index in [-0.39, 0.29) is 5.91 Å². The molecule has 1 aromatic carbocycles. The molecule has 2 rings (SSSR count). The number of carbonyl (C=O) groups is 2. The fourth-order valence-electron chi connectivity index (χ4n) is 1.81. The van der Waals surface area contributed by atoms with Gasteiger partial charge in [-0.25, -0.2) is 4.79 Å². The zero-order valence-corrected chi connectivity index (χ0v) is 12.5. The molecule has 1 aliphatic rings. The molecule has 19 heavy (non-hydrogen) atoms. The largest absolute Gasteiger partial charge is 0.496 e. The van der Waals surface area contributed by atoms with Crippen LogP contribution in [0.1, 0.15) is 10.4 Å². The summed E-state index contributed by atoms with van der Waals surface area (Å²) in [5, 5.41) is 9.08. The summed E-state index contributed by atoms with van der Waals surface area (Å²) in [4.78, 5) is 24.8. The van der Waals surface area contributed by atoms with Crippen LogP contribution in [-0.2, 0) is 4.79 Å². The number of methoxy groups -OCH3 is 1. The molecule has 1 N–H and O–H groups in total. The molecule has 0 spiro atoms. The normalized spacial score (nSPS) is 18.4. The molecule has 1 fully saturated rings. The number of ether oxygens (including phenoxy) is 1. The highest BCUT2D eigenvalue weighted by Crippen LogP contribution is 2.28. The van der Waals surface area contributed by atoms with Gasteiger partial charge in [0.15, 0.2) is 0 Å². The average molecular weight is 346 g/mol. The standard InChI is InChI=1S/C12H12BrNO4S/c1-18-10-3-2-7(4-8(10)13)11(15)14-6-19-5-9(14)12(16)17/h2-4,9H,5-6H2,1H3,(H,16,17)/t9-/m0/s1. The van der Waals surface area contributed by atoms with Crippen molar-refractivity contribution >= 4 is 39.6 Å². The van der Waals surface area contributed by atoms with Gasteiger partial charge in [0.25, 0.3) is 5.91 Å². The predicted octanol–water partition coefficient (Wildman–Crippen LogP) is 2.06. The van der Waals surface area contributed by atoms with E-state index in [0.717, 1.165) is 0 Å². The van der Waals surface area contributed by atoms with Gasteiger partial charge in [-0.05, 0) is 34.1 Å². The van der Waals surface area contributed by atoms with Crippen molar-refractivity contribution in [3.05, 3.63) is 28.2 Å². The van der Waals surface area contributed by atoms with Crippen LogP contribution in [0.2, 0.25) is 0 Å². The van der Waals surface area contributed by atoms with Crippen LogP contribution in [0, 0.1) is 0 Å². The zero-order valence-electron chi connectivity index (χ0n) is 10.1. The van der Waals surface area contributed by atoms with Crippen molar-refractivity contribution in [1.82, 2.24) is 4.90 Å². The number of carboxylic acids is 1. The lowest BCUT2D eigenvalue weighted by Crippen LogP contribution is -2.41. The van der Waals surface area contributed by atoms with Crippen LogP contribution in [0.5, 0.6) is 5.75 Å². The van der Waals surface area contributed by atoms with Gasteiger partial charge in [0.2, 0.25) is 0 Å². The molecule has 1 saturated heterocycles. The SMILES string of the molecule is COc1ccc(C(=O)N2CSC[C@H]2C(=O)O)cc1Br. The topological polar surface area (TPSA) is 66.8 Å².